The molecule has 7 heteroatoms. The van der Waals surface area contributed by atoms with Crippen molar-refractivity contribution in [2.45, 2.75) is 6.54 Å². The Morgan fingerprint density at radius 1 is 1.69 bits per heavy atom. The van der Waals surface area contributed by atoms with Crippen molar-refractivity contribution in [1.29, 1.82) is 0 Å². The summed E-state index contributed by atoms with van der Waals surface area (Å²) in [5.74, 6) is -0.319. The van der Waals surface area contributed by atoms with Crippen LogP contribution >= 0.6 is 0 Å². The van der Waals surface area contributed by atoms with Gasteiger partial charge >= 0.3 is 11.8 Å². The zero-order chi connectivity index (χ0) is 9.68. The fraction of sp³-hybridized carbons (Fsp3) is 0.333. The monoisotopic (exact) mass is 184 g/mol. The smallest absolute Gasteiger partial charge is 0.315 e. The molecule has 0 aliphatic carbocycles. The van der Waals surface area contributed by atoms with Gasteiger partial charge in [0.15, 0.2) is 5.82 Å². The Morgan fingerprint density at radius 3 is 3.08 bits per heavy atom. The summed E-state index contributed by atoms with van der Waals surface area (Å²) in [6.45, 7) is 0.143. The minimum absolute atomic E-state index is 0.120. The van der Waals surface area contributed by atoms with Gasteiger partial charge in [-0.1, -0.05) is 5.16 Å². The first-order chi connectivity index (χ1) is 6.27. The fourth-order valence-corrected chi connectivity index (χ4v) is 0.658. The highest BCUT2D eigenvalue weighted by Gasteiger charge is 2.12. The molecular formula is C6H8N4O3. The molecular weight excluding hydrogens is 176 g/mol. The SMILES string of the molecule is CNC(=O)c1nc(CNC=O)no1. The molecule has 0 atom stereocenters. The van der Waals surface area contributed by atoms with Crippen LogP contribution in [0.3, 0.4) is 0 Å². The van der Waals surface area contributed by atoms with Crippen LogP contribution in [0.25, 0.3) is 0 Å². The summed E-state index contributed by atoms with van der Waals surface area (Å²) in [7, 11) is 1.45. The lowest BCUT2D eigenvalue weighted by Crippen LogP contribution is -2.18. The molecule has 0 bridgehead atoms. The molecule has 0 unspecified atom stereocenters. The van der Waals surface area contributed by atoms with Crippen molar-refractivity contribution in [3.63, 3.8) is 0 Å². The van der Waals surface area contributed by atoms with Crippen LogP contribution in [0.15, 0.2) is 4.52 Å². The van der Waals surface area contributed by atoms with E-state index in [4.69, 9.17) is 0 Å². The summed E-state index contributed by atoms with van der Waals surface area (Å²) < 4.78 is 4.59. The van der Waals surface area contributed by atoms with Gasteiger partial charge in [0.1, 0.15) is 0 Å². The second kappa shape index (κ2) is 4.19. The molecule has 0 saturated carbocycles. The van der Waals surface area contributed by atoms with E-state index in [9.17, 15) is 9.59 Å². The van der Waals surface area contributed by atoms with Gasteiger partial charge in [-0.2, -0.15) is 4.98 Å². The van der Waals surface area contributed by atoms with E-state index in [0.717, 1.165) is 0 Å². The number of carbonyl (C=O) groups excluding carboxylic acids is 2. The van der Waals surface area contributed by atoms with E-state index in [1.54, 1.807) is 0 Å². The van der Waals surface area contributed by atoms with Crippen molar-refractivity contribution in [3.8, 4) is 0 Å². The maximum Gasteiger partial charge on any atom is 0.315 e. The van der Waals surface area contributed by atoms with Crippen LogP contribution in [0, 0.1) is 0 Å². The third kappa shape index (κ3) is 2.26. The zero-order valence-corrected chi connectivity index (χ0v) is 6.90. The quantitative estimate of drug-likeness (QED) is 0.565. The normalized spacial score (nSPS) is 9.31. The molecule has 2 amide bonds. The summed E-state index contributed by atoms with van der Waals surface area (Å²) in [6.07, 6.45) is 0.510. The van der Waals surface area contributed by atoms with Gasteiger partial charge in [-0.25, -0.2) is 0 Å². The third-order valence-electron chi connectivity index (χ3n) is 1.23. The molecule has 7 nitrogen and oxygen atoms in total. The maximum atomic E-state index is 10.9. The van der Waals surface area contributed by atoms with Gasteiger partial charge in [-0.3, -0.25) is 9.59 Å². The Kier molecular flexibility index (Phi) is 2.96. The molecule has 2 N–H and O–H groups in total. The minimum atomic E-state index is -0.454. The topological polar surface area (TPSA) is 97.1 Å². The molecule has 1 aromatic heterocycles. The number of nitrogens with one attached hydrogen (secondary N) is 2. The minimum Gasteiger partial charge on any atom is -0.351 e. The van der Waals surface area contributed by atoms with Gasteiger partial charge in [0.25, 0.3) is 0 Å². The van der Waals surface area contributed by atoms with Crippen molar-refractivity contribution in [3.05, 3.63) is 11.7 Å². The largest absolute Gasteiger partial charge is 0.351 e. The van der Waals surface area contributed by atoms with E-state index in [1.165, 1.54) is 7.05 Å². The second-order valence-electron chi connectivity index (χ2n) is 2.09. The molecule has 13 heavy (non-hydrogen) atoms. The van der Waals surface area contributed by atoms with Gasteiger partial charge in [-0.15, -0.1) is 0 Å². The van der Waals surface area contributed by atoms with E-state index in [2.05, 4.69) is 25.3 Å². The van der Waals surface area contributed by atoms with Gasteiger partial charge in [0.2, 0.25) is 6.41 Å². The second-order valence-corrected chi connectivity index (χ2v) is 2.09. The number of nitrogens with zero attached hydrogens (tertiary/aromatic N) is 2. The van der Waals surface area contributed by atoms with Crippen molar-refractivity contribution < 1.29 is 14.1 Å². The number of amides is 2. The zero-order valence-electron chi connectivity index (χ0n) is 6.90. The van der Waals surface area contributed by atoms with Crippen molar-refractivity contribution >= 4 is 12.3 Å². The molecule has 0 fully saturated rings. The predicted octanol–water partition coefficient (Wildman–Crippen LogP) is -1.32. The van der Waals surface area contributed by atoms with Gasteiger partial charge in [0.05, 0.1) is 6.54 Å². The molecule has 0 radical (unpaired) electrons. The Balaban J connectivity index is 2.63. The van der Waals surface area contributed by atoms with Crippen molar-refractivity contribution in [1.82, 2.24) is 20.8 Å². The van der Waals surface area contributed by atoms with Crippen LogP contribution in [0.5, 0.6) is 0 Å². The van der Waals surface area contributed by atoms with E-state index >= 15 is 0 Å². The molecule has 1 aromatic rings. The maximum absolute atomic E-state index is 10.9. The van der Waals surface area contributed by atoms with E-state index in [-0.39, 0.29) is 18.3 Å². The predicted molar refractivity (Wildman–Crippen MR) is 40.6 cm³/mol. The van der Waals surface area contributed by atoms with E-state index < -0.39 is 5.91 Å². The fourth-order valence-electron chi connectivity index (χ4n) is 0.658. The summed E-state index contributed by atoms with van der Waals surface area (Å²) in [5.41, 5.74) is 0. The lowest BCUT2D eigenvalue weighted by molar-refractivity contribution is -0.109. The van der Waals surface area contributed by atoms with E-state index in [1.807, 2.05) is 0 Å². The Hall–Kier alpha value is -1.92. The summed E-state index contributed by atoms with van der Waals surface area (Å²) in [4.78, 5) is 24.5. The highest BCUT2D eigenvalue weighted by atomic mass is 16.5. The Labute approximate surface area is 73.5 Å². The van der Waals surface area contributed by atoms with Crippen LogP contribution < -0.4 is 10.6 Å². The van der Waals surface area contributed by atoms with Crippen molar-refractivity contribution in [2.24, 2.45) is 0 Å². The molecule has 0 spiro atoms. The highest BCUT2D eigenvalue weighted by Crippen LogP contribution is 1.95. The average molecular weight is 184 g/mol. The first kappa shape index (κ1) is 9.17. The lowest BCUT2D eigenvalue weighted by Gasteiger charge is -1.89. The molecule has 0 aromatic carbocycles. The van der Waals surface area contributed by atoms with Gasteiger partial charge in [-0.05, 0) is 0 Å². The molecule has 0 saturated heterocycles. The lowest BCUT2D eigenvalue weighted by atomic mass is 10.5. The van der Waals surface area contributed by atoms with Crippen LogP contribution in [0.2, 0.25) is 0 Å². The first-order valence-electron chi connectivity index (χ1n) is 3.49. The average Bonchev–Trinajstić information content (AvgIpc) is 2.62. The number of carbonyl (C=O) groups is 2. The molecule has 0 aliphatic rings. The highest BCUT2D eigenvalue weighted by molar-refractivity contribution is 5.89. The molecule has 0 aliphatic heterocycles. The number of aromatic nitrogens is 2. The molecule has 70 valence electrons. The number of rotatable bonds is 4. The number of hydrogen-bond donors (Lipinski definition) is 2. The van der Waals surface area contributed by atoms with E-state index in [0.29, 0.717) is 6.41 Å². The van der Waals surface area contributed by atoms with Crippen LogP contribution in [-0.2, 0) is 11.3 Å². The first-order valence-corrected chi connectivity index (χ1v) is 3.49. The van der Waals surface area contributed by atoms with Crippen molar-refractivity contribution in [2.75, 3.05) is 7.05 Å². The Bertz CT molecular complexity index is 309. The summed E-state index contributed by atoms with van der Waals surface area (Å²) in [6, 6.07) is 0. The van der Waals surface area contributed by atoms with Gasteiger partial charge < -0.3 is 15.2 Å². The molecule has 1 rings (SSSR count). The van der Waals surface area contributed by atoms with Crippen LogP contribution in [0.4, 0.5) is 0 Å². The van der Waals surface area contributed by atoms with Crippen LogP contribution in [-0.4, -0.2) is 29.5 Å². The third-order valence-corrected chi connectivity index (χ3v) is 1.23. The number of hydrogen-bond acceptors (Lipinski definition) is 5. The summed E-state index contributed by atoms with van der Waals surface area (Å²) >= 11 is 0. The van der Waals surface area contributed by atoms with Crippen LogP contribution in [0.1, 0.15) is 16.5 Å². The Morgan fingerprint density at radius 2 is 2.46 bits per heavy atom. The van der Waals surface area contributed by atoms with Gasteiger partial charge in [0, 0.05) is 7.05 Å². The standard InChI is InChI=1S/C6H8N4O3/c1-7-5(12)6-9-4(10-13-6)2-8-3-11/h3H,2H2,1H3,(H,7,12)(H,8,11). The molecule has 1 heterocycles. The summed E-state index contributed by atoms with van der Waals surface area (Å²) in [5, 5.41) is 8.12.